The van der Waals surface area contributed by atoms with E-state index in [4.69, 9.17) is 14.7 Å². The summed E-state index contributed by atoms with van der Waals surface area (Å²) in [4.78, 5) is 55.2. The molecule has 11 nitrogen and oxygen atoms in total. The van der Waals surface area contributed by atoms with Crippen LogP contribution in [0.1, 0.15) is 115 Å². The number of fused-ring (bicyclic) bond motifs is 8. The number of hydrogen-bond donors (Lipinski definition) is 5. The minimum Gasteiger partial charge on any atom is -0.481 e. The summed E-state index contributed by atoms with van der Waals surface area (Å²) in [7, 11) is 0. The van der Waals surface area contributed by atoms with Crippen LogP contribution in [-0.2, 0) is 27.2 Å². The highest BCUT2D eigenvalue weighted by Gasteiger charge is 2.34. The van der Waals surface area contributed by atoms with Gasteiger partial charge in [-0.1, -0.05) is 26.5 Å². The molecule has 0 saturated heterocycles. The summed E-state index contributed by atoms with van der Waals surface area (Å²) in [6, 6.07) is 5.75. The third-order valence-electron chi connectivity index (χ3n) is 9.71. The van der Waals surface area contributed by atoms with Crippen molar-refractivity contribution in [3.63, 3.8) is 0 Å². The van der Waals surface area contributed by atoms with Gasteiger partial charge in [0.05, 0.1) is 41.2 Å². The fourth-order valence-electron chi connectivity index (χ4n) is 6.90. The van der Waals surface area contributed by atoms with Crippen LogP contribution in [0.25, 0.3) is 33.2 Å². The molecule has 11 heteroatoms. The number of carbonyl (C=O) groups is 3. The molecule has 0 radical (unpaired) electrons. The summed E-state index contributed by atoms with van der Waals surface area (Å²) in [5.41, 5.74) is 8.26. The van der Waals surface area contributed by atoms with Crippen LogP contribution in [-0.4, -0.2) is 65.4 Å². The van der Waals surface area contributed by atoms with Gasteiger partial charge in [-0.15, -0.1) is 0 Å². The number of aromatic nitrogens is 4. The number of aryl methyl sites for hydroxylation is 3. The first-order chi connectivity index (χ1) is 23.1. The van der Waals surface area contributed by atoms with Crippen LogP contribution < -0.4 is 0 Å². The van der Waals surface area contributed by atoms with E-state index in [0.29, 0.717) is 40.1 Å². The molecule has 3 aromatic heterocycles. The largest absolute Gasteiger partial charge is 0.481 e. The van der Waals surface area contributed by atoms with Crippen molar-refractivity contribution < 1.29 is 34.4 Å². The molecule has 0 spiro atoms. The first kappa shape index (κ1) is 35.3. The fraction of sp³-hybridized carbons (Fsp3) is 0.395. The molecule has 2 aliphatic heterocycles. The third kappa shape index (κ3) is 6.67. The van der Waals surface area contributed by atoms with E-state index in [9.17, 15) is 29.7 Å². The van der Waals surface area contributed by atoms with Gasteiger partial charge in [-0.05, 0) is 87.9 Å². The number of aromatic carboxylic acids is 1. The molecule has 2 unspecified atom stereocenters. The first-order valence-electron chi connectivity index (χ1n) is 16.5. The fourth-order valence-corrected chi connectivity index (χ4v) is 6.90. The maximum atomic E-state index is 13.5. The van der Waals surface area contributed by atoms with Gasteiger partial charge in [-0.2, -0.15) is 0 Å². The summed E-state index contributed by atoms with van der Waals surface area (Å²) < 4.78 is 5.63. The number of allylic oxidation sites excluding steroid dienone is 3. The zero-order chi connectivity index (χ0) is 35.9. The van der Waals surface area contributed by atoms with Crippen molar-refractivity contribution in [1.29, 1.82) is 0 Å². The maximum Gasteiger partial charge on any atom is 0.338 e. The van der Waals surface area contributed by atoms with Crippen LogP contribution in [0.2, 0.25) is 0 Å². The topological polar surface area (TPSA) is 178 Å². The number of esters is 1. The highest BCUT2D eigenvalue weighted by atomic mass is 16.6. The Morgan fingerprint density at radius 1 is 0.980 bits per heavy atom. The number of hydrogen-bond acceptors (Lipinski definition) is 7. The molecule has 49 heavy (non-hydrogen) atoms. The van der Waals surface area contributed by atoms with Gasteiger partial charge in [-0.3, -0.25) is 14.6 Å². The molecule has 2 atom stereocenters. The number of carbonyl (C=O) groups excluding carboxylic acids is 1. The SMILES string of the molecule is C=CC1=C(C)c2cc3nc(c(CC(=O)OC(C)(C)CO)c4[nH]c(cc5[nH]c(cc1n2)c(C)c5CC)c(C)c4C(=O)O)C(CCC(=O)O)C3C. The Balaban J connectivity index is 2.00. The summed E-state index contributed by atoms with van der Waals surface area (Å²) >= 11 is 0. The van der Waals surface area contributed by atoms with Crippen molar-refractivity contribution in [3.8, 4) is 0 Å². The second-order valence-electron chi connectivity index (χ2n) is 13.5. The zero-order valence-electron chi connectivity index (χ0n) is 29.1. The van der Waals surface area contributed by atoms with E-state index in [-0.39, 0.29) is 36.3 Å². The van der Waals surface area contributed by atoms with E-state index in [1.54, 1.807) is 26.8 Å². The van der Waals surface area contributed by atoms with Gasteiger partial charge in [0.25, 0.3) is 0 Å². The molecule has 8 bridgehead atoms. The molecule has 258 valence electrons. The number of carboxylic acid groups (broad SMARTS) is 2. The Kier molecular flexibility index (Phi) is 9.70. The molecule has 0 amide bonds. The van der Waals surface area contributed by atoms with E-state index >= 15 is 0 Å². The first-order valence-corrected chi connectivity index (χ1v) is 16.5. The number of aliphatic hydroxyl groups excluding tert-OH is 1. The molecule has 0 aliphatic carbocycles. The number of rotatable bonds is 10. The Hall–Kier alpha value is -5.03. The number of carboxylic acids is 2. The van der Waals surface area contributed by atoms with Gasteiger partial charge in [0, 0.05) is 51.6 Å². The standard InChI is InChI=1S/C38H44N4O7/c1-9-22-18(3)26-14-28-20(5)24(11-12-32(44)45)35(41-28)25(13-33(46)49-38(7,8)17-43)36-34(37(47)48)21(6)29(42-36)16-31-23(10-2)19(4)27(40-31)15-30(22)39-26/h9,14-16,20,24,40,42-43H,1,10-13,17H2,2-8H3,(H,44,45)(H,47,48). The lowest BCUT2D eigenvalue weighted by atomic mass is 9.85. The molecule has 0 saturated carbocycles. The Morgan fingerprint density at radius 3 is 2.29 bits per heavy atom. The normalized spacial score (nSPS) is 16.2. The van der Waals surface area contributed by atoms with Crippen LogP contribution in [0.4, 0.5) is 0 Å². The number of aliphatic hydroxyl groups is 1. The second kappa shape index (κ2) is 13.5. The molecule has 5 N–H and O–H groups in total. The highest BCUT2D eigenvalue weighted by Crippen LogP contribution is 2.43. The molecular weight excluding hydrogens is 624 g/mol. The van der Waals surface area contributed by atoms with Gasteiger partial charge in [0.2, 0.25) is 0 Å². The average molecular weight is 669 g/mol. The lowest BCUT2D eigenvalue weighted by Gasteiger charge is -2.23. The van der Waals surface area contributed by atoms with Crippen molar-refractivity contribution in [3.05, 3.63) is 81.4 Å². The monoisotopic (exact) mass is 668 g/mol. The molecule has 5 rings (SSSR count). The maximum absolute atomic E-state index is 13.5. The van der Waals surface area contributed by atoms with Gasteiger partial charge in [-0.25, -0.2) is 9.78 Å². The van der Waals surface area contributed by atoms with E-state index in [0.717, 1.165) is 39.0 Å². The quantitative estimate of drug-likeness (QED) is 0.143. The summed E-state index contributed by atoms with van der Waals surface area (Å²) in [6.45, 7) is 16.5. The lowest BCUT2D eigenvalue weighted by molar-refractivity contribution is -0.159. The molecule has 0 aromatic carbocycles. The van der Waals surface area contributed by atoms with Gasteiger partial charge < -0.3 is 30.0 Å². The molecular formula is C38H44N4O7. The van der Waals surface area contributed by atoms with Gasteiger partial charge in [0.1, 0.15) is 5.60 Å². The van der Waals surface area contributed by atoms with Crippen LogP contribution in [0.5, 0.6) is 0 Å². The van der Waals surface area contributed by atoms with Crippen LogP contribution in [0, 0.1) is 13.8 Å². The van der Waals surface area contributed by atoms with Crippen LogP contribution in [0.15, 0.2) is 30.9 Å². The van der Waals surface area contributed by atoms with Crippen molar-refractivity contribution in [2.24, 2.45) is 0 Å². The van der Waals surface area contributed by atoms with E-state index < -0.39 is 36.0 Å². The number of nitrogens with zero attached hydrogens (tertiary/aromatic N) is 2. The average Bonchev–Trinajstić information content (AvgIpc) is 3.71. The predicted octanol–water partition coefficient (Wildman–Crippen LogP) is 6.92. The summed E-state index contributed by atoms with van der Waals surface area (Å²) in [5.74, 6) is -3.63. The number of aliphatic carboxylic acids is 1. The minimum atomic E-state index is -1.19. The van der Waals surface area contributed by atoms with Gasteiger partial charge >= 0.3 is 17.9 Å². The number of nitrogens with one attached hydrogen (secondary N) is 2. The van der Waals surface area contributed by atoms with Crippen LogP contribution in [0.3, 0.4) is 0 Å². The van der Waals surface area contributed by atoms with Gasteiger partial charge in [0.15, 0.2) is 0 Å². The lowest BCUT2D eigenvalue weighted by Crippen LogP contribution is -2.32. The van der Waals surface area contributed by atoms with Crippen molar-refractivity contribution in [2.45, 2.75) is 91.6 Å². The highest BCUT2D eigenvalue weighted by molar-refractivity contribution is 6.02. The number of H-pyrrole nitrogens is 2. The molecule has 0 fully saturated rings. The predicted molar refractivity (Wildman–Crippen MR) is 188 cm³/mol. The summed E-state index contributed by atoms with van der Waals surface area (Å²) in [6.07, 6.45) is 2.16. The van der Waals surface area contributed by atoms with Crippen molar-refractivity contribution >= 4 is 51.1 Å². The Morgan fingerprint density at radius 2 is 1.67 bits per heavy atom. The Labute approximate surface area is 284 Å². The van der Waals surface area contributed by atoms with E-state index in [1.807, 2.05) is 39.0 Å². The smallest absolute Gasteiger partial charge is 0.338 e. The second-order valence-corrected chi connectivity index (χ2v) is 13.5. The van der Waals surface area contributed by atoms with Crippen molar-refractivity contribution in [2.75, 3.05) is 6.61 Å². The van der Waals surface area contributed by atoms with Crippen LogP contribution >= 0.6 is 0 Å². The van der Waals surface area contributed by atoms with E-state index in [2.05, 4.69) is 23.5 Å². The third-order valence-corrected chi connectivity index (χ3v) is 9.71. The zero-order valence-corrected chi connectivity index (χ0v) is 29.1. The molecule has 5 heterocycles. The molecule has 2 aliphatic rings. The number of aromatic amines is 2. The number of ether oxygens (including phenoxy) is 1. The van der Waals surface area contributed by atoms with E-state index in [1.165, 1.54) is 0 Å². The summed E-state index contributed by atoms with van der Waals surface area (Å²) in [5, 5.41) is 30.1. The van der Waals surface area contributed by atoms with Crippen molar-refractivity contribution in [1.82, 2.24) is 19.9 Å². The Bertz CT molecular complexity index is 2080. The minimum absolute atomic E-state index is 0.0222. The molecule has 3 aromatic rings.